The van der Waals surface area contributed by atoms with Crippen molar-refractivity contribution in [2.24, 2.45) is 34.0 Å². The van der Waals surface area contributed by atoms with E-state index in [0.29, 0.717) is 17.8 Å². The lowest BCUT2D eigenvalue weighted by Gasteiger charge is -2.80. The molecule has 4 heterocycles. The van der Waals surface area contributed by atoms with Gasteiger partial charge in [0.1, 0.15) is 18.6 Å². The van der Waals surface area contributed by atoms with Gasteiger partial charge in [0.05, 0.1) is 12.7 Å². The average molecular weight is 400 g/mol. The second-order valence-corrected chi connectivity index (χ2v) is 11.4. The molecule has 4 aliphatic heterocycles. The summed E-state index contributed by atoms with van der Waals surface area (Å²) in [6, 6.07) is 0. The highest BCUT2D eigenvalue weighted by Crippen LogP contribution is 2.79. The highest BCUT2D eigenvalue weighted by Gasteiger charge is 2.81. The molecule has 158 valence electrons. The molecular formula is C24H33NO4. The largest absolute Gasteiger partial charge is 0.457 e. The van der Waals surface area contributed by atoms with E-state index in [2.05, 4.69) is 18.4 Å². The second kappa shape index (κ2) is 5.28. The van der Waals surface area contributed by atoms with Crippen LogP contribution in [0, 0.1) is 34.0 Å². The Balaban J connectivity index is 1.42. The van der Waals surface area contributed by atoms with Crippen LogP contribution in [0.2, 0.25) is 0 Å². The lowest BCUT2D eigenvalue weighted by Crippen LogP contribution is -2.83. The van der Waals surface area contributed by atoms with E-state index in [1.54, 1.807) is 6.92 Å². The third-order valence-corrected chi connectivity index (χ3v) is 10.7. The minimum Gasteiger partial charge on any atom is -0.457 e. The predicted molar refractivity (Wildman–Crippen MR) is 106 cm³/mol. The molecule has 0 radical (unpaired) electrons. The number of carbonyl (C=O) groups is 1. The number of carbonyl (C=O) groups excluding carboxylic acids is 1. The minimum atomic E-state index is -0.169. The number of hydrogen-bond acceptors (Lipinski definition) is 5. The first-order valence-corrected chi connectivity index (χ1v) is 11.8. The molecule has 2 spiro atoms. The molecule has 5 aliphatic carbocycles. The number of esters is 1. The van der Waals surface area contributed by atoms with Crippen LogP contribution in [-0.2, 0) is 19.0 Å². The Morgan fingerprint density at radius 1 is 1.17 bits per heavy atom. The predicted octanol–water partition coefficient (Wildman–Crippen LogP) is 3.48. The molecular weight excluding hydrogens is 366 g/mol. The lowest BCUT2D eigenvalue weighted by atomic mass is 9.32. The Morgan fingerprint density at radius 2 is 2.03 bits per heavy atom. The Kier molecular flexibility index (Phi) is 3.23. The van der Waals surface area contributed by atoms with Crippen molar-refractivity contribution in [3.05, 3.63) is 12.2 Å². The lowest BCUT2D eigenvalue weighted by molar-refractivity contribution is -0.422. The maximum atomic E-state index is 12.1. The molecule has 0 aromatic carbocycles. The van der Waals surface area contributed by atoms with Gasteiger partial charge in [0.2, 0.25) is 0 Å². The molecule has 5 heteroatoms. The summed E-state index contributed by atoms with van der Waals surface area (Å²) in [5.74, 6) is 1.57. The van der Waals surface area contributed by atoms with Gasteiger partial charge in [0, 0.05) is 29.7 Å². The maximum absolute atomic E-state index is 12.1. The number of nitrogens with zero attached hydrogens (tertiary/aromatic N) is 1. The van der Waals surface area contributed by atoms with Gasteiger partial charge in [-0.15, -0.1) is 0 Å². The van der Waals surface area contributed by atoms with E-state index in [0.717, 1.165) is 26.0 Å². The molecule has 5 nitrogen and oxygen atoms in total. The summed E-state index contributed by atoms with van der Waals surface area (Å²) in [7, 11) is 0. The van der Waals surface area contributed by atoms with Crippen LogP contribution < -0.4 is 0 Å². The standard InChI is InChI=1S/C24H33NO4/c1-13-15-5-8-24(19(13)28-14(2)26)17(11-15)23-7-4-6-22(3)16(23)12-18(24)29-21(23)25-9-10-27-20(22)25/h15-21H,1,4-12H2,2-3H3/t15-,16+,17-,18+,19-,20-,21+,22+,23-,24+/m0/s1. The van der Waals surface area contributed by atoms with Gasteiger partial charge in [-0.05, 0) is 61.9 Å². The van der Waals surface area contributed by atoms with Gasteiger partial charge in [-0.2, -0.15) is 0 Å². The van der Waals surface area contributed by atoms with Crippen molar-refractivity contribution in [2.75, 3.05) is 13.2 Å². The van der Waals surface area contributed by atoms with Crippen LogP contribution in [0.15, 0.2) is 12.2 Å². The molecule has 7 bridgehead atoms. The van der Waals surface area contributed by atoms with Crippen LogP contribution in [0.3, 0.4) is 0 Å². The second-order valence-electron chi connectivity index (χ2n) is 11.4. The molecule has 0 amide bonds. The van der Waals surface area contributed by atoms with E-state index in [9.17, 15) is 4.79 Å². The summed E-state index contributed by atoms with van der Waals surface area (Å²) >= 11 is 0. The van der Waals surface area contributed by atoms with Gasteiger partial charge in [-0.3, -0.25) is 4.79 Å². The monoisotopic (exact) mass is 399 g/mol. The smallest absolute Gasteiger partial charge is 0.303 e. The topological polar surface area (TPSA) is 48.0 Å². The summed E-state index contributed by atoms with van der Waals surface area (Å²) in [5, 5.41) is 0. The van der Waals surface area contributed by atoms with E-state index in [4.69, 9.17) is 14.2 Å². The summed E-state index contributed by atoms with van der Waals surface area (Å²) in [6.45, 7) is 10.3. The fourth-order valence-electron chi connectivity index (χ4n) is 10.0. The fraction of sp³-hybridized carbons (Fsp3) is 0.875. The van der Waals surface area contributed by atoms with Crippen molar-refractivity contribution in [3.63, 3.8) is 0 Å². The molecule has 9 rings (SSSR count). The third kappa shape index (κ3) is 1.74. The normalized spacial score (nSPS) is 59.4. The van der Waals surface area contributed by atoms with Crippen LogP contribution >= 0.6 is 0 Å². The molecule has 0 N–H and O–H groups in total. The molecule has 5 saturated carbocycles. The zero-order valence-corrected chi connectivity index (χ0v) is 17.7. The molecule has 9 fully saturated rings. The minimum absolute atomic E-state index is 0.0594. The quantitative estimate of drug-likeness (QED) is 0.499. The first kappa shape index (κ1) is 17.7. The van der Waals surface area contributed by atoms with Gasteiger partial charge in [0.25, 0.3) is 0 Å². The summed E-state index contributed by atoms with van der Waals surface area (Å²) in [6.07, 6.45) is 8.86. The summed E-state index contributed by atoms with van der Waals surface area (Å²) < 4.78 is 19.5. The first-order valence-electron chi connectivity index (χ1n) is 11.8. The molecule has 29 heavy (non-hydrogen) atoms. The maximum Gasteiger partial charge on any atom is 0.303 e. The van der Waals surface area contributed by atoms with E-state index in [1.807, 2.05) is 0 Å². The van der Waals surface area contributed by atoms with Crippen molar-refractivity contribution < 1.29 is 19.0 Å². The van der Waals surface area contributed by atoms with Gasteiger partial charge in [-0.25, -0.2) is 4.90 Å². The SMILES string of the molecule is C=C1[C@H]2CC[C@]3([C@@H](C2)[C@@]24CCC[C@@]5(C)[C@@H]6OCCN6[C@@H]2O[C@@H]3C[C@H]54)[C@H]1OC(C)=O. The third-order valence-electron chi connectivity index (χ3n) is 10.7. The highest BCUT2D eigenvalue weighted by atomic mass is 16.6. The zero-order valence-electron chi connectivity index (χ0n) is 17.7. The molecule has 0 aromatic heterocycles. The van der Waals surface area contributed by atoms with Crippen LogP contribution in [0.4, 0.5) is 0 Å². The number of fused-ring (bicyclic) bond motifs is 4. The fourth-order valence-corrected chi connectivity index (χ4v) is 10.0. The van der Waals surface area contributed by atoms with E-state index < -0.39 is 0 Å². The van der Waals surface area contributed by atoms with Gasteiger partial charge >= 0.3 is 5.97 Å². The van der Waals surface area contributed by atoms with Crippen molar-refractivity contribution >= 4 is 5.97 Å². The molecule has 9 aliphatic rings. The average Bonchev–Trinajstić information content (AvgIpc) is 3.19. The van der Waals surface area contributed by atoms with Crippen molar-refractivity contribution in [1.82, 2.24) is 4.90 Å². The van der Waals surface area contributed by atoms with E-state index in [1.165, 1.54) is 37.7 Å². The van der Waals surface area contributed by atoms with Gasteiger partial charge < -0.3 is 14.2 Å². The van der Waals surface area contributed by atoms with Crippen LogP contribution in [-0.4, -0.2) is 48.7 Å². The summed E-state index contributed by atoms with van der Waals surface area (Å²) in [5.41, 5.74) is 1.51. The molecule has 0 aromatic rings. The van der Waals surface area contributed by atoms with E-state index in [-0.39, 0.29) is 46.9 Å². The van der Waals surface area contributed by atoms with Crippen molar-refractivity contribution in [3.8, 4) is 0 Å². The van der Waals surface area contributed by atoms with Gasteiger partial charge in [0.15, 0.2) is 0 Å². The Hall–Kier alpha value is -0.910. The number of rotatable bonds is 1. The Bertz CT molecular complexity index is 813. The first-order chi connectivity index (χ1) is 13.9. The molecule has 10 atom stereocenters. The van der Waals surface area contributed by atoms with Crippen LogP contribution in [0.1, 0.15) is 58.8 Å². The van der Waals surface area contributed by atoms with Crippen molar-refractivity contribution in [1.29, 1.82) is 0 Å². The molecule has 4 saturated heterocycles. The van der Waals surface area contributed by atoms with Crippen LogP contribution in [0.5, 0.6) is 0 Å². The number of ether oxygens (including phenoxy) is 3. The number of piperidine rings is 1. The zero-order chi connectivity index (χ0) is 19.8. The Morgan fingerprint density at radius 3 is 2.86 bits per heavy atom. The van der Waals surface area contributed by atoms with Crippen molar-refractivity contribution in [2.45, 2.75) is 83.5 Å². The van der Waals surface area contributed by atoms with Crippen LogP contribution in [0.25, 0.3) is 0 Å². The van der Waals surface area contributed by atoms with E-state index >= 15 is 0 Å². The molecule has 0 unspecified atom stereocenters. The number of hydrogen-bond donors (Lipinski definition) is 0. The van der Waals surface area contributed by atoms with Gasteiger partial charge in [-0.1, -0.05) is 19.9 Å². The summed E-state index contributed by atoms with van der Waals surface area (Å²) in [4.78, 5) is 14.7. The highest BCUT2D eigenvalue weighted by molar-refractivity contribution is 5.67. The Labute approximate surface area is 173 Å².